The topological polar surface area (TPSA) is 96.3 Å². The number of aromatic hydroxyl groups is 1. The van der Waals surface area contributed by atoms with E-state index in [9.17, 15) is 19.8 Å². The van der Waals surface area contributed by atoms with Crippen molar-refractivity contribution in [3.05, 3.63) is 64.7 Å². The summed E-state index contributed by atoms with van der Waals surface area (Å²) in [7, 11) is 1.57. The first-order chi connectivity index (χ1) is 14.9. The molecule has 0 aliphatic carbocycles. The SMILES string of the molecule is COCCCN1C(=O)C(=O)/C(=C(\O)c2ccc3c(c2)CC(C)O3)C1c1cccc(O)c1. The van der Waals surface area contributed by atoms with E-state index in [0.717, 1.165) is 11.3 Å². The highest BCUT2D eigenvalue weighted by Gasteiger charge is 2.46. The maximum Gasteiger partial charge on any atom is 0.295 e. The van der Waals surface area contributed by atoms with Gasteiger partial charge in [-0.05, 0) is 54.8 Å². The molecule has 1 saturated heterocycles. The molecule has 31 heavy (non-hydrogen) atoms. The minimum absolute atomic E-state index is 0.0138. The lowest BCUT2D eigenvalue weighted by atomic mass is 9.94. The molecule has 0 saturated carbocycles. The van der Waals surface area contributed by atoms with Gasteiger partial charge in [-0.3, -0.25) is 9.59 Å². The van der Waals surface area contributed by atoms with Gasteiger partial charge in [-0.15, -0.1) is 0 Å². The molecule has 2 heterocycles. The molecular formula is C24H25NO6. The number of rotatable bonds is 6. The second-order valence-electron chi connectivity index (χ2n) is 7.89. The van der Waals surface area contributed by atoms with E-state index in [2.05, 4.69) is 0 Å². The highest BCUT2D eigenvalue weighted by Crippen LogP contribution is 2.41. The van der Waals surface area contributed by atoms with Crippen LogP contribution in [0.15, 0.2) is 48.0 Å². The van der Waals surface area contributed by atoms with Gasteiger partial charge in [0.15, 0.2) is 0 Å². The summed E-state index contributed by atoms with van der Waals surface area (Å²) in [5, 5.41) is 21.1. The normalized spacial score (nSPS) is 21.9. The summed E-state index contributed by atoms with van der Waals surface area (Å²) >= 11 is 0. The number of ether oxygens (including phenoxy) is 2. The minimum atomic E-state index is -0.799. The van der Waals surface area contributed by atoms with Gasteiger partial charge in [-0.25, -0.2) is 0 Å². The van der Waals surface area contributed by atoms with E-state index in [-0.39, 0.29) is 29.7 Å². The lowest BCUT2D eigenvalue weighted by molar-refractivity contribution is -0.140. The van der Waals surface area contributed by atoms with Crippen molar-refractivity contribution < 1.29 is 29.3 Å². The number of aliphatic hydroxyl groups excluding tert-OH is 1. The molecule has 0 radical (unpaired) electrons. The molecular weight excluding hydrogens is 398 g/mol. The fraction of sp³-hybridized carbons (Fsp3) is 0.333. The van der Waals surface area contributed by atoms with Gasteiger partial charge in [0, 0.05) is 32.2 Å². The van der Waals surface area contributed by atoms with Gasteiger partial charge in [0.25, 0.3) is 11.7 Å². The third kappa shape index (κ3) is 3.88. The molecule has 7 nitrogen and oxygen atoms in total. The summed E-state index contributed by atoms with van der Waals surface area (Å²) in [6.45, 7) is 2.68. The Bertz CT molecular complexity index is 1060. The lowest BCUT2D eigenvalue weighted by Crippen LogP contribution is -2.31. The molecule has 2 atom stereocenters. The van der Waals surface area contributed by atoms with Crippen LogP contribution in [0, 0.1) is 0 Å². The second kappa shape index (κ2) is 8.43. The Labute approximate surface area is 180 Å². The monoisotopic (exact) mass is 423 g/mol. The average Bonchev–Trinajstić information content (AvgIpc) is 3.24. The van der Waals surface area contributed by atoms with Gasteiger partial charge in [0.2, 0.25) is 0 Å². The summed E-state index contributed by atoms with van der Waals surface area (Å²) in [5.74, 6) is -0.877. The number of amides is 1. The molecule has 2 aliphatic heterocycles. The van der Waals surface area contributed by atoms with Gasteiger partial charge >= 0.3 is 0 Å². The highest BCUT2D eigenvalue weighted by atomic mass is 16.5. The lowest BCUT2D eigenvalue weighted by Gasteiger charge is -2.25. The summed E-state index contributed by atoms with van der Waals surface area (Å²) in [4.78, 5) is 27.3. The first kappa shape index (κ1) is 20.9. The Morgan fingerprint density at radius 1 is 1.23 bits per heavy atom. The quantitative estimate of drug-likeness (QED) is 0.321. The number of nitrogens with zero attached hydrogens (tertiary/aromatic N) is 1. The number of benzene rings is 2. The van der Waals surface area contributed by atoms with Crippen LogP contribution in [0.3, 0.4) is 0 Å². The van der Waals surface area contributed by atoms with Crippen LogP contribution in [0.2, 0.25) is 0 Å². The zero-order chi connectivity index (χ0) is 22.1. The third-order valence-corrected chi connectivity index (χ3v) is 5.64. The summed E-state index contributed by atoms with van der Waals surface area (Å²) in [5.41, 5.74) is 1.97. The molecule has 0 aromatic heterocycles. The number of hydrogen-bond acceptors (Lipinski definition) is 6. The number of methoxy groups -OCH3 is 1. The van der Waals surface area contributed by atoms with Crippen LogP contribution in [0.1, 0.15) is 36.1 Å². The Kier molecular flexibility index (Phi) is 5.69. The van der Waals surface area contributed by atoms with E-state index < -0.39 is 17.7 Å². The van der Waals surface area contributed by atoms with Crippen LogP contribution < -0.4 is 4.74 Å². The van der Waals surface area contributed by atoms with Crippen molar-refractivity contribution >= 4 is 17.4 Å². The van der Waals surface area contributed by atoms with Crippen molar-refractivity contribution in [1.82, 2.24) is 4.90 Å². The second-order valence-corrected chi connectivity index (χ2v) is 7.89. The van der Waals surface area contributed by atoms with Crippen LogP contribution in [-0.4, -0.2) is 53.2 Å². The number of aliphatic hydroxyl groups is 1. The van der Waals surface area contributed by atoms with E-state index >= 15 is 0 Å². The van der Waals surface area contributed by atoms with E-state index in [4.69, 9.17) is 9.47 Å². The van der Waals surface area contributed by atoms with Crippen LogP contribution in [0.5, 0.6) is 11.5 Å². The predicted octanol–water partition coefficient (Wildman–Crippen LogP) is 3.17. The number of fused-ring (bicyclic) bond motifs is 1. The summed E-state index contributed by atoms with van der Waals surface area (Å²) in [6, 6.07) is 10.8. The van der Waals surface area contributed by atoms with E-state index in [1.54, 1.807) is 37.4 Å². The van der Waals surface area contributed by atoms with Crippen LogP contribution in [0.25, 0.3) is 5.76 Å². The average molecular weight is 423 g/mol. The summed E-state index contributed by atoms with van der Waals surface area (Å²) < 4.78 is 10.8. The molecule has 4 rings (SSSR count). The maximum atomic E-state index is 13.0. The number of carbonyl (C=O) groups is 2. The smallest absolute Gasteiger partial charge is 0.295 e. The molecule has 2 aliphatic rings. The van der Waals surface area contributed by atoms with Crippen molar-refractivity contribution in [2.75, 3.05) is 20.3 Å². The molecule has 1 amide bonds. The molecule has 162 valence electrons. The first-order valence-electron chi connectivity index (χ1n) is 10.3. The molecule has 2 N–H and O–H groups in total. The highest BCUT2D eigenvalue weighted by molar-refractivity contribution is 6.46. The Balaban J connectivity index is 1.80. The first-order valence-corrected chi connectivity index (χ1v) is 10.3. The zero-order valence-electron chi connectivity index (χ0n) is 17.5. The van der Waals surface area contributed by atoms with Crippen molar-refractivity contribution in [3.63, 3.8) is 0 Å². The standard InChI is InChI=1S/C24H25NO6/c1-14-11-17-12-16(7-8-19(17)31-14)22(27)20-21(15-5-3-6-18(26)13-15)25(9-4-10-30-2)24(29)23(20)28/h3,5-8,12-14,21,26-27H,4,9-11H2,1-2H3/b22-20-. The van der Waals surface area contributed by atoms with Crippen molar-refractivity contribution in [2.24, 2.45) is 0 Å². The van der Waals surface area contributed by atoms with Crippen LogP contribution in [0.4, 0.5) is 0 Å². The zero-order valence-corrected chi connectivity index (χ0v) is 17.5. The Hall–Kier alpha value is -3.32. The van der Waals surface area contributed by atoms with Crippen LogP contribution >= 0.6 is 0 Å². The molecule has 2 unspecified atom stereocenters. The van der Waals surface area contributed by atoms with Gasteiger partial charge in [0.05, 0.1) is 11.6 Å². The molecule has 7 heteroatoms. The number of ketones is 1. The third-order valence-electron chi connectivity index (χ3n) is 5.64. The van der Waals surface area contributed by atoms with Crippen LogP contribution in [-0.2, 0) is 20.7 Å². The molecule has 0 spiro atoms. The Morgan fingerprint density at radius 2 is 2.03 bits per heavy atom. The van der Waals surface area contributed by atoms with E-state index in [1.165, 1.54) is 17.0 Å². The summed E-state index contributed by atoms with van der Waals surface area (Å²) in [6.07, 6.45) is 1.29. The number of hydrogen-bond donors (Lipinski definition) is 2. The fourth-order valence-electron chi connectivity index (χ4n) is 4.26. The van der Waals surface area contributed by atoms with E-state index in [0.29, 0.717) is 30.6 Å². The maximum absolute atomic E-state index is 13.0. The van der Waals surface area contributed by atoms with Gasteiger partial charge in [-0.1, -0.05) is 12.1 Å². The number of likely N-dealkylation sites (tertiary alicyclic amines) is 1. The fourth-order valence-corrected chi connectivity index (χ4v) is 4.26. The number of phenols is 1. The van der Waals surface area contributed by atoms with Crippen molar-refractivity contribution in [2.45, 2.75) is 31.9 Å². The largest absolute Gasteiger partial charge is 0.508 e. The van der Waals surface area contributed by atoms with Gasteiger partial charge in [-0.2, -0.15) is 0 Å². The predicted molar refractivity (Wildman–Crippen MR) is 114 cm³/mol. The molecule has 2 aromatic carbocycles. The number of Topliss-reactive ketones (excluding diaryl/α,β-unsaturated/α-hetero) is 1. The molecule has 1 fully saturated rings. The minimum Gasteiger partial charge on any atom is -0.508 e. The molecule has 0 bridgehead atoms. The number of carbonyl (C=O) groups excluding carboxylic acids is 2. The molecule has 2 aromatic rings. The van der Waals surface area contributed by atoms with Gasteiger partial charge in [0.1, 0.15) is 23.4 Å². The van der Waals surface area contributed by atoms with Crippen molar-refractivity contribution in [3.8, 4) is 11.5 Å². The van der Waals surface area contributed by atoms with Gasteiger partial charge < -0.3 is 24.6 Å². The van der Waals surface area contributed by atoms with E-state index in [1.807, 2.05) is 6.92 Å². The Morgan fingerprint density at radius 3 is 2.77 bits per heavy atom. The number of phenolic OH excluding ortho intramolecular Hbond substituents is 1. The van der Waals surface area contributed by atoms with Crippen molar-refractivity contribution in [1.29, 1.82) is 0 Å².